The first kappa shape index (κ1) is 82.1. The molecule has 88 heavy (non-hydrogen) atoms. The number of nitrogens with one attached hydrogen (secondary N) is 4. The molecule has 0 spiro atoms. The molecule has 10 amide bonds. The van der Waals surface area contributed by atoms with E-state index in [0.29, 0.717) is 25.7 Å². The second kappa shape index (κ2) is 38.6. The summed E-state index contributed by atoms with van der Waals surface area (Å²) >= 11 is 0. The zero-order chi connectivity index (χ0) is 68.7. The molecule has 0 aliphatic carbocycles. The van der Waals surface area contributed by atoms with Gasteiger partial charge in [-0.15, -0.1) is 0 Å². The summed E-state index contributed by atoms with van der Waals surface area (Å²) < 4.78 is 0. The average molecular weight is 1240 g/mol. The second-order valence-corrected chi connectivity index (χ2v) is 27.5. The molecule has 0 heterocycles. The minimum atomic E-state index is -1.17. The van der Waals surface area contributed by atoms with Crippen molar-refractivity contribution in [1.82, 2.24) is 50.7 Å². The molecule has 21 nitrogen and oxygen atoms in total. The van der Waals surface area contributed by atoms with Crippen LogP contribution in [-0.4, -0.2) is 197 Å². The zero-order valence-electron chi connectivity index (χ0n) is 59.5. The van der Waals surface area contributed by atoms with Gasteiger partial charge in [0.05, 0.1) is 6.04 Å². The molecule has 0 bridgehead atoms. The van der Waals surface area contributed by atoms with Gasteiger partial charge < -0.3 is 50.7 Å². The number of hydrogen-bond acceptors (Lipinski definition) is 11. The molecule has 0 saturated carbocycles. The lowest BCUT2D eigenvalue weighted by Crippen LogP contribution is -2.62. The maximum Gasteiger partial charge on any atom is 0.246 e. The van der Waals surface area contributed by atoms with Crippen LogP contribution in [0.2, 0.25) is 0 Å². The molecule has 2 unspecified atom stereocenters. The summed E-state index contributed by atoms with van der Waals surface area (Å²) in [6, 6.07) is -10.4. The Labute approximate surface area is 531 Å². The summed E-state index contributed by atoms with van der Waals surface area (Å²) in [6.45, 7) is 38.4. The maximum absolute atomic E-state index is 15.2. The maximum atomic E-state index is 15.2. The Bertz CT molecular complexity index is 2340. The van der Waals surface area contributed by atoms with Crippen LogP contribution in [0.15, 0.2) is 12.2 Å². The summed E-state index contributed by atoms with van der Waals surface area (Å²) in [5, 5.41) is 11.1. The van der Waals surface area contributed by atoms with Crippen LogP contribution >= 0.6 is 0 Å². The highest BCUT2D eigenvalue weighted by Crippen LogP contribution is 2.28. The van der Waals surface area contributed by atoms with Gasteiger partial charge >= 0.3 is 0 Å². The van der Waals surface area contributed by atoms with Crippen LogP contribution in [0.4, 0.5) is 0 Å². The van der Waals surface area contributed by atoms with Crippen molar-refractivity contribution >= 4 is 64.9 Å². The minimum absolute atomic E-state index is 0.0387. The Morgan fingerprint density at radius 1 is 0.409 bits per heavy atom. The lowest BCUT2D eigenvalue weighted by Gasteiger charge is -2.41. The summed E-state index contributed by atoms with van der Waals surface area (Å²) in [6.07, 6.45) is 6.71. The molecule has 4 N–H and O–H groups in total. The van der Waals surface area contributed by atoms with E-state index >= 15 is 14.4 Å². The van der Waals surface area contributed by atoms with Crippen molar-refractivity contribution in [2.24, 2.45) is 53.3 Å². The van der Waals surface area contributed by atoms with Gasteiger partial charge in [-0.1, -0.05) is 136 Å². The van der Waals surface area contributed by atoms with E-state index in [0.717, 1.165) is 0 Å². The van der Waals surface area contributed by atoms with Crippen molar-refractivity contribution in [3.63, 3.8) is 0 Å². The van der Waals surface area contributed by atoms with Crippen molar-refractivity contribution in [1.29, 1.82) is 0 Å². The van der Waals surface area contributed by atoms with E-state index in [1.807, 2.05) is 116 Å². The number of hydrogen-bond donors (Lipinski definition) is 4. The standard InChI is InChI=1S/C67H122N10O11/c1-28-31-33-44(16)46(18)57(77(27)67(88)56(43(14)15)76(26)65(86)54(37-41(10)11)74(24)62(83)45(17)34-38(4)5)61(82)70-50(30-3)63(84)75(25)53(36-40(8)9)64(85)73(23)52(35-39(6)7)60(81)71-55(42(12)13)66(87)72(22)51(32-29-2)59(80)69-48(20)58(79)68-47(19)49(21)78/h28,31,38-48,50-57H,29-30,32-37H2,1-27H3,(H,68,79)(H,69,80)(H,70,82)(H,71,81)/b31-28+/t44-,45-,46?,47-,48+,50+,51+,52+,53+,54+,55+,56?,57+/m1/s1. The Hall–Kier alpha value is -5.89. The van der Waals surface area contributed by atoms with Gasteiger partial charge in [0.1, 0.15) is 54.4 Å². The lowest BCUT2D eigenvalue weighted by molar-refractivity contribution is -0.155. The monoisotopic (exact) mass is 1240 g/mol. The van der Waals surface area contributed by atoms with Gasteiger partial charge in [-0.25, -0.2) is 0 Å². The third-order valence-electron chi connectivity index (χ3n) is 17.1. The molecule has 0 radical (unpaired) electrons. The number of amides is 10. The van der Waals surface area contributed by atoms with Gasteiger partial charge in [0.2, 0.25) is 59.1 Å². The van der Waals surface area contributed by atoms with Crippen LogP contribution < -0.4 is 21.3 Å². The Kier molecular flexibility index (Phi) is 36.0. The number of Topliss-reactive ketones (excluding diaryl/α,β-unsaturated/α-hetero) is 1. The van der Waals surface area contributed by atoms with Crippen LogP contribution in [0.1, 0.15) is 197 Å². The van der Waals surface area contributed by atoms with Gasteiger partial charge in [0, 0.05) is 48.2 Å². The van der Waals surface area contributed by atoms with E-state index in [9.17, 15) is 38.4 Å². The molecule has 0 aromatic rings. The van der Waals surface area contributed by atoms with Crippen LogP contribution in [-0.2, 0) is 52.7 Å². The van der Waals surface area contributed by atoms with Gasteiger partial charge in [0.15, 0.2) is 5.78 Å². The lowest BCUT2D eigenvalue weighted by atomic mass is 9.84. The number of carbonyl (C=O) groups excluding carboxylic acids is 11. The molecule has 0 aliphatic rings. The number of rotatable bonds is 38. The summed E-state index contributed by atoms with van der Waals surface area (Å²) in [4.78, 5) is 165. The molecular formula is C67H122N10O11. The quantitative estimate of drug-likeness (QED) is 0.0454. The Balaban J connectivity index is 7.33. The summed E-state index contributed by atoms with van der Waals surface area (Å²) in [7, 11) is 9.22. The SMILES string of the molecule is C/C=C/C[C@@H](C)C(C)[C@@H](C(=O)N[C@@H](CC)C(=O)N(C)[C@@H](CC(C)C)C(=O)N(C)[C@@H](CC(C)C)C(=O)N[C@H](C(=O)N(C)[C@@H](CCC)C(=O)N[C@@H](C)C(=O)N[C@H](C)C(C)=O)C(C)C)N(C)C(=O)C(C(C)C)N(C)C(=O)[C@H](CC(C)C)N(C)C(=O)[C@H](C)CC(C)C. The Morgan fingerprint density at radius 3 is 1.26 bits per heavy atom. The average Bonchev–Trinajstić information content (AvgIpc) is 3.16. The fourth-order valence-corrected chi connectivity index (χ4v) is 11.3. The number of allylic oxidation sites excluding steroid dienone is 2. The highest BCUT2D eigenvalue weighted by Gasteiger charge is 2.45. The molecule has 0 aromatic carbocycles. The molecule has 0 rings (SSSR count). The van der Waals surface area contributed by atoms with Crippen molar-refractivity contribution in [2.75, 3.05) is 42.3 Å². The van der Waals surface area contributed by atoms with Crippen molar-refractivity contribution in [3.8, 4) is 0 Å². The van der Waals surface area contributed by atoms with Crippen molar-refractivity contribution in [3.05, 3.63) is 12.2 Å². The molecule has 0 aromatic heterocycles. The number of ketones is 1. The third-order valence-corrected chi connectivity index (χ3v) is 17.1. The molecule has 0 aliphatic heterocycles. The van der Waals surface area contributed by atoms with E-state index in [1.165, 1.54) is 71.3 Å². The highest BCUT2D eigenvalue weighted by molar-refractivity contribution is 5.99. The molecule has 506 valence electrons. The molecule has 0 saturated heterocycles. The Morgan fingerprint density at radius 2 is 0.830 bits per heavy atom. The first-order valence-electron chi connectivity index (χ1n) is 32.5. The van der Waals surface area contributed by atoms with Crippen LogP contribution in [0.5, 0.6) is 0 Å². The second-order valence-electron chi connectivity index (χ2n) is 27.5. The van der Waals surface area contributed by atoms with E-state index in [-0.39, 0.29) is 78.8 Å². The first-order valence-corrected chi connectivity index (χ1v) is 32.5. The fraction of sp³-hybridized carbons (Fsp3) is 0.806. The van der Waals surface area contributed by atoms with Crippen LogP contribution in [0.25, 0.3) is 0 Å². The molecule has 0 fully saturated rings. The largest absolute Gasteiger partial charge is 0.345 e. The third kappa shape index (κ3) is 24.5. The molecule has 21 heteroatoms. The van der Waals surface area contributed by atoms with Gasteiger partial charge in [-0.3, -0.25) is 52.7 Å². The smallest absolute Gasteiger partial charge is 0.246 e. The molecular weight excluding hydrogens is 1120 g/mol. The fourth-order valence-electron chi connectivity index (χ4n) is 11.3. The number of nitrogens with zero attached hydrogens (tertiary/aromatic N) is 6. The number of likely N-dealkylation sites (N-methyl/N-ethyl adjacent to an activating group) is 6. The summed E-state index contributed by atoms with van der Waals surface area (Å²) in [5.74, 6) is -7.15. The predicted octanol–water partition coefficient (Wildman–Crippen LogP) is 7.10. The predicted molar refractivity (Wildman–Crippen MR) is 349 cm³/mol. The van der Waals surface area contributed by atoms with Crippen molar-refractivity contribution < 1.29 is 52.7 Å². The van der Waals surface area contributed by atoms with Crippen molar-refractivity contribution in [2.45, 2.75) is 257 Å². The van der Waals surface area contributed by atoms with Gasteiger partial charge in [0.25, 0.3) is 0 Å². The van der Waals surface area contributed by atoms with E-state index in [1.54, 1.807) is 41.9 Å². The zero-order valence-corrected chi connectivity index (χ0v) is 59.5. The molecule has 13 atom stereocenters. The van der Waals surface area contributed by atoms with E-state index < -0.39 is 125 Å². The first-order chi connectivity index (χ1) is 40.6. The van der Waals surface area contributed by atoms with E-state index in [2.05, 4.69) is 21.3 Å². The topological polar surface area (TPSA) is 255 Å². The number of carbonyl (C=O) groups is 11. The summed E-state index contributed by atoms with van der Waals surface area (Å²) in [5.41, 5.74) is 0. The van der Waals surface area contributed by atoms with Gasteiger partial charge in [-0.05, 0) is 120 Å². The van der Waals surface area contributed by atoms with Gasteiger partial charge in [-0.2, -0.15) is 0 Å². The minimum Gasteiger partial charge on any atom is -0.345 e. The van der Waals surface area contributed by atoms with E-state index in [4.69, 9.17) is 0 Å². The van der Waals surface area contributed by atoms with Crippen LogP contribution in [0, 0.1) is 53.3 Å². The van der Waals surface area contributed by atoms with Crippen LogP contribution in [0.3, 0.4) is 0 Å². The highest BCUT2D eigenvalue weighted by atomic mass is 16.2. The normalized spacial score (nSPS) is 16.3.